The van der Waals surface area contributed by atoms with E-state index in [0.29, 0.717) is 40.5 Å². The van der Waals surface area contributed by atoms with E-state index in [0.717, 1.165) is 5.69 Å². The van der Waals surface area contributed by atoms with Crippen molar-refractivity contribution in [3.63, 3.8) is 0 Å². The molecule has 162 valence electrons. The van der Waals surface area contributed by atoms with Crippen LogP contribution in [0.1, 0.15) is 16.1 Å². The summed E-state index contributed by atoms with van der Waals surface area (Å²) in [6.45, 7) is 0.332. The van der Waals surface area contributed by atoms with E-state index in [1.54, 1.807) is 48.7 Å². The van der Waals surface area contributed by atoms with Gasteiger partial charge in [-0.3, -0.25) is 14.9 Å². The molecule has 0 aliphatic heterocycles. The lowest BCUT2D eigenvalue weighted by molar-refractivity contribution is 0.102. The van der Waals surface area contributed by atoms with Crippen LogP contribution in [0.5, 0.6) is 5.75 Å². The third-order valence-electron chi connectivity index (χ3n) is 4.92. The fraction of sp³-hybridized carbons (Fsp3) is 0.0417. The predicted octanol–water partition coefficient (Wildman–Crippen LogP) is 4.39. The Bertz CT molecular complexity index is 1420. The molecule has 0 saturated heterocycles. The second-order valence-corrected chi connectivity index (χ2v) is 7.16. The molecule has 0 aliphatic carbocycles. The zero-order valence-corrected chi connectivity index (χ0v) is 17.2. The fourth-order valence-electron chi connectivity index (χ4n) is 3.23. The third-order valence-corrected chi connectivity index (χ3v) is 4.92. The fourth-order valence-corrected chi connectivity index (χ4v) is 3.23. The van der Waals surface area contributed by atoms with Crippen molar-refractivity contribution >= 4 is 22.8 Å². The number of halogens is 1. The van der Waals surface area contributed by atoms with Crippen LogP contribution >= 0.6 is 0 Å². The van der Waals surface area contributed by atoms with Gasteiger partial charge in [0.1, 0.15) is 23.7 Å². The number of nitrogens with one attached hydrogen (secondary N) is 2. The topological polar surface area (TPSA) is 106 Å². The van der Waals surface area contributed by atoms with Gasteiger partial charge < -0.3 is 10.1 Å². The molecule has 0 bridgehead atoms. The highest BCUT2D eigenvalue weighted by Gasteiger charge is 2.15. The number of H-pyrrole nitrogens is 1. The first-order chi connectivity index (χ1) is 16.2. The third kappa shape index (κ3) is 4.52. The maximum absolute atomic E-state index is 14.4. The predicted molar refractivity (Wildman–Crippen MR) is 120 cm³/mol. The molecule has 0 unspecified atom stereocenters. The van der Waals surface area contributed by atoms with Gasteiger partial charge in [0.05, 0.1) is 17.0 Å². The van der Waals surface area contributed by atoms with Crippen LogP contribution in [-0.4, -0.2) is 31.3 Å². The van der Waals surface area contributed by atoms with Crippen molar-refractivity contribution in [3.05, 3.63) is 96.1 Å². The van der Waals surface area contributed by atoms with Crippen molar-refractivity contribution in [1.82, 2.24) is 25.4 Å². The largest absolute Gasteiger partial charge is 0.487 e. The van der Waals surface area contributed by atoms with Crippen molar-refractivity contribution in [2.75, 3.05) is 5.32 Å². The normalized spacial score (nSPS) is 10.8. The number of fused-ring (bicyclic) bond motifs is 1. The maximum atomic E-state index is 14.4. The monoisotopic (exact) mass is 440 g/mol. The lowest BCUT2D eigenvalue weighted by Crippen LogP contribution is -2.14. The van der Waals surface area contributed by atoms with Gasteiger partial charge in [0.2, 0.25) is 5.65 Å². The molecular weight excluding hydrogens is 423 g/mol. The van der Waals surface area contributed by atoms with Gasteiger partial charge in [0.25, 0.3) is 5.91 Å². The van der Waals surface area contributed by atoms with Crippen LogP contribution < -0.4 is 10.1 Å². The Morgan fingerprint density at radius 3 is 2.73 bits per heavy atom. The molecule has 3 aromatic heterocycles. The van der Waals surface area contributed by atoms with Crippen molar-refractivity contribution in [2.24, 2.45) is 0 Å². The van der Waals surface area contributed by atoms with Gasteiger partial charge in [0.15, 0.2) is 0 Å². The number of rotatable bonds is 6. The number of carbonyl (C=O) groups is 1. The van der Waals surface area contributed by atoms with Crippen LogP contribution in [0.4, 0.5) is 10.1 Å². The van der Waals surface area contributed by atoms with E-state index in [4.69, 9.17) is 4.74 Å². The van der Waals surface area contributed by atoms with E-state index in [1.165, 1.54) is 12.1 Å². The Kier molecular flexibility index (Phi) is 5.42. The van der Waals surface area contributed by atoms with E-state index in [9.17, 15) is 9.18 Å². The first-order valence-corrected chi connectivity index (χ1v) is 10.1. The van der Waals surface area contributed by atoms with Crippen LogP contribution in [0.3, 0.4) is 0 Å². The average molecular weight is 440 g/mol. The molecule has 5 rings (SSSR count). The minimum absolute atomic E-state index is 0.0926. The Hall–Kier alpha value is -4.66. The second-order valence-electron chi connectivity index (χ2n) is 7.16. The summed E-state index contributed by atoms with van der Waals surface area (Å²) in [5.41, 5.74) is 3.49. The second kappa shape index (κ2) is 8.83. The summed E-state index contributed by atoms with van der Waals surface area (Å²) in [5.74, 6) is -0.575. The molecule has 2 aromatic carbocycles. The number of ether oxygens (including phenoxy) is 1. The molecule has 0 radical (unpaired) electrons. The number of aromatic nitrogens is 5. The number of benzene rings is 2. The Balaban J connectivity index is 1.29. The highest BCUT2D eigenvalue weighted by molar-refractivity contribution is 6.05. The van der Waals surface area contributed by atoms with Gasteiger partial charge in [-0.05, 0) is 66.7 Å². The summed E-state index contributed by atoms with van der Waals surface area (Å²) >= 11 is 0. The minimum Gasteiger partial charge on any atom is -0.487 e. The summed E-state index contributed by atoms with van der Waals surface area (Å²) < 4.78 is 20.1. The lowest BCUT2D eigenvalue weighted by Gasteiger charge is -2.10. The summed E-state index contributed by atoms with van der Waals surface area (Å²) in [5, 5.41) is 13.0. The molecule has 0 spiro atoms. The first kappa shape index (κ1) is 20.3. The zero-order valence-electron chi connectivity index (χ0n) is 17.2. The molecule has 2 N–H and O–H groups in total. The molecule has 0 fully saturated rings. The molecule has 33 heavy (non-hydrogen) atoms. The van der Waals surface area contributed by atoms with E-state index in [1.807, 2.05) is 18.2 Å². The standard InChI is InChI=1S/C24H17FN6O2/c25-20-9-4-15(21-10-11-22-23(28-21)30-31-29-22)13-19(20)24(32)27-16-5-7-18(8-6-16)33-14-17-3-1-2-12-26-17/h1-13H,14H2,(H,27,32)(H,28,29,30,31). The van der Waals surface area contributed by atoms with Gasteiger partial charge >= 0.3 is 0 Å². The highest BCUT2D eigenvalue weighted by atomic mass is 19.1. The van der Waals surface area contributed by atoms with Gasteiger partial charge in [-0.25, -0.2) is 9.37 Å². The molecule has 0 atom stereocenters. The highest BCUT2D eigenvalue weighted by Crippen LogP contribution is 2.23. The van der Waals surface area contributed by atoms with Gasteiger partial charge in [0, 0.05) is 17.4 Å². The Morgan fingerprint density at radius 1 is 1.03 bits per heavy atom. The first-order valence-electron chi connectivity index (χ1n) is 10.1. The van der Waals surface area contributed by atoms with Gasteiger partial charge in [-0.2, -0.15) is 0 Å². The van der Waals surface area contributed by atoms with E-state index in [2.05, 4.69) is 30.7 Å². The van der Waals surface area contributed by atoms with E-state index in [-0.39, 0.29) is 5.56 Å². The summed E-state index contributed by atoms with van der Waals surface area (Å²) in [4.78, 5) is 21.3. The number of anilines is 1. The maximum Gasteiger partial charge on any atom is 0.258 e. The quantitative estimate of drug-likeness (QED) is 0.406. The smallest absolute Gasteiger partial charge is 0.258 e. The molecular formula is C24H17FN6O2. The number of hydrogen-bond donors (Lipinski definition) is 2. The van der Waals surface area contributed by atoms with Crippen molar-refractivity contribution in [1.29, 1.82) is 0 Å². The van der Waals surface area contributed by atoms with Crippen molar-refractivity contribution in [3.8, 4) is 17.0 Å². The summed E-state index contributed by atoms with van der Waals surface area (Å²) in [7, 11) is 0. The summed E-state index contributed by atoms with van der Waals surface area (Å²) in [6.07, 6.45) is 1.70. The Morgan fingerprint density at radius 2 is 1.91 bits per heavy atom. The van der Waals surface area contributed by atoms with Crippen LogP contribution in [-0.2, 0) is 6.61 Å². The number of carbonyl (C=O) groups excluding carboxylic acids is 1. The van der Waals surface area contributed by atoms with Gasteiger partial charge in [-0.15, -0.1) is 5.10 Å². The minimum atomic E-state index is -0.630. The molecule has 0 aliphatic rings. The van der Waals surface area contributed by atoms with E-state index < -0.39 is 11.7 Å². The van der Waals surface area contributed by atoms with E-state index >= 15 is 0 Å². The van der Waals surface area contributed by atoms with Crippen LogP contribution in [0, 0.1) is 5.82 Å². The molecule has 8 nitrogen and oxygen atoms in total. The molecule has 5 aromatic rings. The SMILES string of the molecule is O=C(Nc1ccc(OCc2ccccn2)cc1)c1cc(-c2ccc3[nH]nnc3n2)ccc1F. The molecule has 9 heteroatoms. The van der Waals surface area contributed by atoms with Crippen LogP contribution in [0.2, 0.25) is 0 Å². The lowest BCUT2D eigenvalue weighted by atomic mass is 10.1. The number of pyridine rings is 2. The summed E-state index contributed by atoms with van der Waals surface area (Å²) in [6, 6.07) is 20.2. The van der Waals surface area contributed by atoms with Crippen LogP contribution in [0.15, 0.2) is 79.0 Å². The molecule has 1 amide bonds. The molecule has 3 heterocycles. The zero-order chi connectivity index (χ0) is 22.6. The van der Waals surface area contributed by atoms with Crippen molar-refractivity contribution in [2.45, 2.75) is 6.61 Å². The number of hydrogen-bond acceptors (Lipinski definition) is 6. The number of nitrogens with zero attached hydrogens (tertiary/aromatic N) is 4. The Labute approximate surface area is 187 Å². The number of aromatic amines is 1. The molecule has 0 saturated carbocycles. The average Bonchev–Trinajstić information content (AvgIpc) is 3.32. The van der Waals surface area contributed by atoms with Gasteiger partial charge in [-0.1, -0.05) is 11.3 Å². The van der Waals surface area contributed by atoms with Crippen LogP contribution in [0.25, 0.3) is 22.4 Å². The number of amides is 1. The van der Waals surface area contributed by atoms with Crippen molar-refractivity contribution < 1.29 is 13.9 Å².